The van der Waals surface area contributed by atoms with Crippen molar-refractivity contribution >= 4 is 78.7 Å². The zero-order chi connectivity index (χ0) is 46.0. The quantitative estimate of drug-likeness (QED) is 0.0163. The largest absolute Gasteiger partial charge is 0.464 e. The summed E-state index contributed by atoms with van der Waals surface area (Å²) in [6, 6.07) is 11.5. The molecule has 2 heterocycles. The first-order valence-corrected chi connectivity index (χ1v) is 23.1. The molecule has 65 heavy (non-hydrogen) atoms. The highest BCUT2D eigenvalue weighted by Gasteiger charge is 2.42. The number of nitrogens with zero attached hydrogens (tertiary/aromatic N) is 2. The highest BCUT2D eigenvalue weighted by molar-refractivity contribution is 6.41. The van der Waals surface area contributed by atoms with Gasteiger partial charge in [0.1, 0.15) is 18.7 Å². The van der Waals surface area contributed by atoms with E-state index in [-0.39, 0.29) is 37.6 Å². The highest BCUT2D eigenvalue weighted by atomic mass is 16.6. The number of amides is 4. The molecule has 5 aromatic rings. The van der Waals surface area contributed by atoms with Gasteiger partial charge in [0.25, 0.3) is 23.6 Å². The number of fused-ring (bicyclic) bond motifs is 2. The van der Waals surface area contributed by atoms with Gasteiger partial charge in [0, 0.05) is 40.1 Å². The molecule has 0 aliphatic carbocycles. The molecule has 5 aromatic carbocycles. The van der Waals surface area contributed by atoms with Crippen molar-refractivity contribution in [1.82, 2.24) is 9.80 Å². The van der Waals surface area contributed by atoms with Crippen LogP contribution in [0.3, 0.4) is 0 Å². The van der Waals surface area contributed by atoms with Gasteiger partial charge in [-0.2, -0.15) is 0 Å². The van der Waals surface area contributed by atoms with Crippen molar-refractivity contribution in [2.75, 3.05) is 66.6 Å². The van der Waals surface area contributed by atoms with Crippen LogP contribution in [-0.4, -0.2) is 124 Å². The molecule has 2 aliphatic rings. The normalized spacial score (nSPS) is 14.7. The summed E-state index contributed by atoms with van der Waals surface area (Å²) in [5.74, 6) is -3.79. The molecule has 0 saturated heterocycles. The Labute approximate surface area is 379 Å². The van der Waals surface area contributed by atoms with Gasteiger partial charge in [0.05, 0.1) is 52.9 Å². The Balaban J connectivity index is 1.02. The standard InChI is InChI=1S/C51H60N2O12/c1-5-6-7-8-9-10-11-12-13-14-23-64-50(58)32(2)52-46(54)38-19-15-34-36-17-21-40-45-41(22-18-37(43(36)45)35-16-20-39(47(52)55)44(38)42(34)35)49(57)53(48(40)56)33(3)51(59)65-31-30-63-29-28-62-27-26-61-25-24-60-4/h15-22,32-33H,5-14,23-31H2,1-4H3. The molecule has 0 radical (unpaired) electrons. The van der Waals surface area contributed by atoms with Gasteiger partial charge in [-0.15, -0.1) is 0 Å². The smallest absolute Gasteiger partial charge is 0.329 e. The number of hydrogen-bond donors (Lipinski definition) is 0. The topological polar surface area (TPSA) is 164 Å². The second-order valence-electron chi connectivity index (χ2n) is 16.8. The van der Waals surface area contributed by atoms with Gasteiger partial charge in [-0.1, -0.05) is 89.0 Å². The third kappa shape index (κ3) is 9.86. The molecule has 4 amide bonds. The van der Waals surface area contributed by atoms with E-state index in [2.05, 4.69) is 6.92 Å². The lowest BCUT2D eigenvalue weighted by molar-refractivity contribution is -0.149. The first kappa shape index (κ1) is 47.4. The Hall–Kier alpha value is -5.54. The summed E-state index contributed by atoms with van der Waals surface area (Å²) in [6.45, 7) is 7.92. The van der Waals surface area contributed by atoms with Gasteiger partial charge < -0.3 is 28.4 Å². The Kier molecular flexibility index (Phi) is 16.1. The summed E-state index contributed by atoms with van der Waals surface area (Å²) in [4.78, 5) is 84.9. The van der Waals surface area contributed by atoms with Crippen molar-refractivity contribution in [1.29, 1.82) is 0 Å². The first-order valence-electron chi connectivity index (χ1n) is 23.1. The fraction of sp³-hybridized carbons (Fsp3) is 0.490. The molecule has 0 bridgehead atoms. The molecule has 346 valence electrons. The lowest BCUT2D eigenvalue weighted by Gasteiger charge is -2.32. The number of imide groups is 2. The van der Waals surface area contributed by atoms with Crippen molar-refractivity contribution in [2.45, 2.75) is 97.1 Å². The Morgan fingerprint density at radius 1 is 0.431 bits per heavy atom. The Bertz CT molecular complexity index is 2430. The maximum atomic E-state index is 14.2. The van der Waals surface area contributed by atoms with E-state index >= 15 is 0 Å². The summed E-state index contributed by atoms with van der Waals surface area (Å²) >= 11 is 0. The number of unbranched alkanes of at least 4 members (excludes halogenated alkanes) is 9. The molecule has 0 N–H and O–H groups in total. The lowest BCUT2D eigenvalue weighted by atomic mass is 9.82. The summed E-state index contributed by atoms with van der Waals surface area (Å²) in [6.07, 6.45) is 11.5. The highest BCUT2D eigenvalue weighted by Crippen LogP contribution is 2.46. The van der Waals surface area contributed by atoms with Crippen molar-refractivity contribution in [3.63, 3.8) is 0 Å². The van der Waals surface area contributed by atoms with Crippen LogP contribution < -0.4 is 0 Å². The van der Waals surface area contributed by atoms with Crippen LogP contribution in [0.1, 0.15) is 126 Å². The Morgan fingerprint density at radius 2 is 0.754 bits per heavy atom. The molecule has 7 rings (SSSR count). The number of methoxy groups -OCH3 is 1. The zero-order valence-corrected chi connectivity index (χ0v) is 38.0. The predicted octanol–water partition coefficient (Wildman–Crippen LogP) is 8.41. The van der Waals surface area contributed by atoms with Crippen molar-refractivity contribution < 1.29 is 57.2 Å². The van der Waals surface area contributed by atoms with E-state index < -0.39 is 47.7 Å². The Morgan fingerprint density at radius 3 is 1.12 bits per heavy atom. The van der Waals surface area contributed by atoms with E-state index in [0.29, 0.717) is 65.7 Å². The van der Waals surface area contributed by atoms with E-state index in [0.717, 1.165) is 57.0 Å². The van der Waals surface area contributed by atoms with E-state index in [1.165, 1.54) is 52.4 Å². The minimum atomic E-state index is -1.22. The molecule has 2 atom stereocenters. The lowest BCUT2D eigenvalue weighted by Crippen LogP contribution is -2.49. The minimum absolute atomic E-state index is 0.0763. The van der Waals surface area contributed by atoms with E-state index in [1.54, 1.807) is 43.5 Å². The SMILES string of the molecule is CCCCCCCCCCCCOC(=O)C(C)N1C(=O)c2ccc3c4ccc5c6c(ccc(c7ccc(c2c37)C1=O)c64)C(=O)N(C(C)C(=O)OCCOCCOCCOCCOC)C5=O. The molecule has 14 nitrogen and oxygen atoms in total. The van der Waals surface area contributed by atoms with Gasteiger partial charge in [0.2, 0.25) is 0 Å². The van der Waals surface area contributed by atoms with Crippen LogP contribution in [0.25, 0.3) is 43.1 Å². The third-order valence-corrected chi connectivity index (χ3v) is 12.5. The fourth-order valence-electron chi connectivity index (χ4n) is 9.11. The van der Waals surface area contributed by atoms with Crippen LogP contribution in [-0.2, 0) is 38.0 Å². The summed E-state index contributed by atoms with van der Waals surface area (Å²) < 4.78 is 32.2. The third-order valence-electron chi connectivity index (χ3n) is 12.5. The molecule has 0 spiro atoms. The van der Waals surface area contributed by atoms with Crippen molar-refractivity contribution in [3.05, 3.63) is 70.8 Å². The molecule has 0 aromatic heterocycles. The van der Waals surface area contributed by atoms with Crippen LogP contribution in [0, 0.1) is 0 Å². The van der Waals surface area contributed by atoms with Crippen LogP contribution in [0.15, 0.2) is 48.5 Å². The van der Waals surface area contributed by atoms with Gasteiger partial charge >= 0.3 is 11.9 Å². The van der Waals surface area contributed by atoms with Gasteiger partial charge in [-0.05, 0) is 76.9 Å². The molecular weight excluding hydrogens is 833 g/mol. The number of ether oxygens (including phenoxy) is 6. The van der Waals surface area contributed by atoms with E-state index in [1.807, 2.05) is 12.1 Å². The minimum Gasteiger partial charge on any atom is -0.464 e. The molecule has 2 aliphatic heterocycles. The second-order valence-corrected chi connectivity index (χ2v) is 16.8. The molecule has 14 heteroatoms. The van der Waals surface area contributed by atoms with Gasteiger partial charge in [-0.3, -0.25) is 29.0 Å². The van der Waals surface area contributed by atoms with Crippen LogP contribution in [0.5, 0.6) is 0 Å². The van der Waals surface area contributed by atoms with Gasteiger partial charge in [-0.25, -0.2) is 9.59 Å². The number of carbonyl (C=O) groups excluding carboxylic acids is 6. The predicted molar refractivity (Wildman–Crippen MR) is 246 cm³/mol. The fourth-order valence-corrected chi connectivity index (χ4v) is 9.11. The summed E-state index contributed by atoms with van der Waals surface area (Å²) in [5.41, 5.74) is 1.11. The van der Waals surface area contributed by atoms with Crippen molar-refractivity contribution in [2.24, 2.45) is 0 Å². The van der Waals surface area contributed by atoms with E-state index in [9.17, 15) is 28.8 Å². The monoisotopic (exact) mass is 892 g/mol. The first-order chi connectivity index (χ1) is 31.6. The summed E-state index contributed by atoms with van der Waals surface area (Å²) in [7, 11) is 1.60. The van der Waals surface area contributed by atoms with E-state index in [4.69, 9.17) is 28.4 Å². The number of esters is 2. The van der Waals surface area contributed by atoms with Crippen LogP contribution in [0.4, 0.5) is 0 Å². The summed E-state index contributed by atoms with van der Waals surface area (Å²) in [5, 5.41) is 5.24. The molecule has 0 saturated carbocycles. The molecule has 2 unspecified atom stereocenters. The van der Waals surface area contributed by atoms with Crippen LogP contribution in [0.2, 0.25) is 0 Å². The average Bonchev–Trinajstić information content (AvgIpc) is 3.31. The average molecular weight is 893 g/mol. The number of benzene rings is 5. The zero-order valence-electron chi connectivity index (χ0n) is 38.0. The number of rotatable bonds is 27. The maximum Gasteiger partial charge on any atom is 0.329 e. The number of hydrogen-bond acceptors (Lipinski definition) is 12. The number of carbonyl (C=O) groups is 6. The van der Waals surface area contributed by atoms with Crippen LogP contribution >= 0.6 is 0 Å². The molecular formula is C51H60N2O12. The van der Waals surface area contributed by atoms with Gasteiger partial charge in [0.15, 0.2) is 0 Å². The second kappa shape index (κ2) is 22.1. The molecule has 0 fully saturated rings. The maximum absolute atomic E-state index is 14.2. The van der Waals surface area contributed by atoms with Crippen molar-refractivity contribution in [3.8, 4) is 0 Å².